The summed E-state index contributed by atoms with van der Waals surface area (Å²) in [6.07, 6.45) is 0.790. The second-order valence-electron chi connectivity index (χ2n) is 3.34. The summed E-state index contributed by atoms with van der Waals surface area (Å²) in [6.45, 7) is 1.90. The van der Waals surface area contributed by atoms with E-state index in [0.29, 0.717) is 10.9 Å². The molecule has 0 saturated carbocycles. The van der Waals surface area contributed by atoms with E-state index in [-0.39, 0.29) is 0 Å². The molecule has 2 rings (SSSR count). The van der Waals surface area contributed by atoms with E-state index in [1.165, 1.54) is 5.75 Å². The summed E-state index contributed by atoms with van der Waals surface area (Å²) in [5, 5.41) is 0.349. The van der Waals surface area contributed by atoms with Crippen LogP contribution in [0.15, 0.2) is 6.07 Å². The van der Waals surface area contributed by atoms with Crippen LogP contribution >= 0.6 is 23.5 Å². The Morgan fingerprint density at radius 1 is 1.47 bits per heavy atom. The normalized spacial score (nSPS) is 21.3. The standard InChI is InChI=1S/C10H12N2OS2/c1-7-4-8(5-13)12-10(11-7)9-6-14-2-3-15-9/h4-5,9H,2-3,6H2,1H3. The zero-order chi connectivity index (χ0) is 10.7. The smallest absolute Gasteiger partial charge is 0.168 e. The minimum absolute atomic E-state index is 0.349. The number of hydrogen-bond acceptors (Lipinski definition) is 5. The van der Waals surface area contributed by atoms with Gasteiger partial charge in [0.15, 0.2) is 6.29 Å². The zero-order valence-electron chi connectivity index (χ0n) is 8.47. The van der Waals surface area contributed by atoms with Gasteiger partial charge in [0, 0.05) is 23.0 Å². The van der Waals surface area contributed by atoms with Gasteiger partial charge in [0.25, 0.3) is 0 Å². The highest BCUT2D eigenvalue weighted by atomic mass is 32.2. The van der Waals surface area contributed by atoms with E-state index in [2.05, 4.69) is 9.97 Å². The van der Waals surface area contributed by atoms with Crippen molar-refractivity contribution in [2.24, 2.45) is 0 Å². The van der Waals surface area contributed by atoms with E-state index in [1.807, 2.05) is 30.4 Å². The van der Waals surface area contributed by atoms with E-state index in [4.69, 9.17) is 0 Å². The number of nitrogens with zero attached hydrogens (tertiary/aromatic N) is 2. The number of hydrogen-bond donors (Lipinski definition) is 0. The lowest BCUT2D eigenvalue weighted by molar-refractivity contribution is 0.111. The Morgan fingerprint density at radius 3 is 3.00 bits per heavy atom. The Morgan fingerprint density at radius 2 is 2.33 bits per heavy atom. The van der Waals surface area contributed by atoms with Gasteiger partial charge in [0.2, 0.25) is 0 Å². The number of carbonyl (C=O) groups excluding carboxylic acids is 1. The SMILES string of the molecule is Cc1cc(C=O)nc(C2CSCCS2)n1. The third-order valence-electron chi connectivity index (χ3n) is 2.12. The zero-order valence-corrected chi connectivity index (χ0v) is 10.1. The average molecular weight is 240 g/mol. The van der Waals surface area contributed by atoms with Crippen molar-refractivity contribution < 1.29 is 4.79 Å². The predicted octanol–water partition coefficient (Wildman–Crippen LogP) is 2.12. The summed E-state index contributed by atoms with van der Waals surface area (Å²) in [5.41, 5.74) is 1.37. The highest BCUT2D eigenvalue weighted by Crippen LogP contribution is 2.34. The van der Waals surface area contributed by atoms with Crippen molar-refractivity contribution in [1.82, 2.24) is 9.97 Å². The van der Waals surface area contributed by atoms with Crippen molar-refractivity contribution >= 4 is 29.8 Å². The molecular formula is C10H12N2OS2. The molecule has 1 aliphatic heterocycles. The Kier molecular flexibility index (Phi) is 3.64. The molecule has 80 valence electrons. The van der Waals surface area contributed by atoms with Gasteiger partial charge in [0.05, 0.1) is 5.25 Å². The molecule has 3 nitrogen and oxygen atoms in total. The summed E-state index contributed by atoms with van der Waals surface area (Å²) in [6, 6.07) is 1.72. The van der Waals surface area contributed by atoms with E-state index >= 15 is 0 Å². The minimum atomic E-state index is 0.349. The summed E-state index contributed by atoms with van der Waals surface area (Å²) in [7, 11) is 0. The highest BCUT2D eigenvalue weighted by molar-refractivity contribution is 8.06. The number of carbonyl (C=O) groups is 1. The van der Waals surface area contributed by atoms with Gasteiger partial charge in [-0.1, -0.05) is 0 Å². The number of aryl methyl sites for hydroxylation is 1. The third-order valence-corrected chi connectivity index (χ3v) is 4.87. The monoisotopic (exact) mass is 240 g/mol. The molecule has 0 aromatic carbocycles. The van der Waals surface area contributed by atoms with E-state index in [9.17, 15) is 4.79 Å². The van der Waals surface area contributed by atoms with E-state index < -0.39 is 0 Å². The molecule has 1 aliphatic rings. The van der Waals surface area contributed by atoms with Gasteiger partial charge >= 0.3 is 0 Å². The van der Waals surface area contributed by atoms with E-state index in [0.717, 1.165) is 29.3 Å². The largest absolute Gasteiger partial charge is 0.296 e. The van der Waals surface area contributed by atoms with Crippen LogP contribution in [-0.2, 0) is 0 Å². The lowest BCUT2D eigenvalue weighted by Gasteiger charge is -2.19. The maximum absolute atomic E-state index is 10.7. The van der Waals surface area contributed by atoms with Crippen molar-refractivity contribution in [3.05, 3.63) is 23.3 Å². The molecule has 0 N–H and O–H groups in total. The maximum atomic E-state index is 10.7. The maximum Gasteiger partial charge on any atom is 0.168 e. The van der Waals surface area contributed by atoms with Gasteiger partial charge in [0.1, 0.15) is 11.5 Å². The van der Waals surface area contributed by atoms with Gasteiger partial charge in [-0.05, 0) is 13.0 Å². The fraction of sp³-hybridized carbons (Fsp3) is 0.500. The van der Waals surface area contributed by atoms with Crippen LogP contribution in [0, 0.1) is 6.92 Å². The van der Waals surface area contributed by atoms with Gasteiger partial charge < -0.3 is 0 Å². The minimum Gasteiger partial charge on any atom is -0.296 e. The van der Waals surface area contributed by atoms with Gasteiger partial charge in [-0.15, -0.1) is 11.8 Å². The first-order chi connectivity index (χ1) is 7.29. The number of rotatable bonds is 2. The molecular weight excluding hydrogens is 228 g/mol. The van der Waals surface area contributed by atoms with E-state index in [1.54, 1.807) is 6.07 Å². The summed E-state index contributed by atoms with van der Waals surface area (Å²) in [4.78, 5) is 19.4. The first kappa shape index (κ1) is 11.0. The van der Waals surface area contributed by atoms with Crippen LogP contribution in [0.1, 0.15) is 27.3 Å². The summed E-state index contributed by atoms with van der Waals surface area (Å²) in [5.74, 6) is 4.21. The molecule has 2 heterocycles. The van der Waals surface area contributed by atoms with Crippen LogP contribution in [0.3, 0.4) is 0 Å². The summed E-state index contributed by atoms with van der Waals surface area (Å²) >= 11 is 3.81. The van der Waals surface area contributed by atoms with Crippen LogP contribution in [0.4, 0.5) is 0 Å². The summed E-state index contributed by atoms with van der Waals surface area (Å²) < 4.78 is 0. The van der Waals surface area contributed by atoms with Crippen molar-refractivity contribution in [1.29, 1.82) is 0 Å². The molecule has 0 amide bonds. The topological polar surface area (TPSA) is 42.9 Å². The van der Waals surface area contributed by atoms with Crippen LogP contribution in [0.5, 0.6) is 0 Å². The number of thioether (sulfide) groups is 2. The lowest BCUT2D eigenvalue weighted by atomic mass is 10.3. The van der Waals surface area contributed by atoms with Gasteiger partial charge in [-0.2, -0.15) is 11.8 Å². The molecule has 1 aromatic heterocycles. The molecule has 1 unspecified atom stereocenters. The quantitative estimate of drug-likeness (QED) is 0.741. The second kappa shape index (κ2) is 4.99. The number of aldehydes is 1. The Labute approximate surface area is 97.5 Å². The Bertz CT molecular complexity index is 364. The van der Waals surface area contributed by atoms with Crippen LogP contribution < -0.4 is 0 Å². The number of aromatic nitrogens is 2. The lowest BCUT2D eigenvalue weighted by Crippen LogP contribution is -2.11. The first-order valence-corrected chi connectivity index (χ1v) is 7.00. The predicted molar refractivity (Wildman–Crippen MR) is 64.7 cm³/mol. The second-order valence-corrected chi connectivity index (χ2v) is 5.81. The van der Waals surface area contributed by atoms with Crippen molar-refractivity contribution in [2.75, 3.05) is 17.3 Å². The molecule has 0 aliphatic carbocycles. The molecule has 0 radical (unpaired) electrons. The molecule has 0 bridgehead atoms. The first-order valence-electron chi connectivity index (χ1n) is 4.79. The van der Waals surface area contributed by atoms with Crippen molar-refractivity contribution in [3.63, 3.8) is 0 Å². The highest BCUT2D eigenvalue weighted by Gasteiger charge is 2.19. The third kappa shape index (κ3) is 2.72. The fourth-order valence-electron chi connectivity index (χ4n) is 1.46. The molecule has 1 atom stereocenters. The van der Waals surface area contributed by atoms with Crippen LogP contribution in [0.25, 0.3) is 0 Å². The van der Waals surface area contributed by atoms with Gasteiger partial charge in [-0.3, -0.25) is 4.79 Å². The molecule has 0 spiro atoms. The fourth-order valence-corrected chi connectivity index (χ4v) is 4.06. The Hall–Kier alpha value is -0.550. The molecule has 1 saturated heterocycles. The molecule has 1 aromatic rings. The van der Waals surface area contributed by atoms with Crippen molar-refractivity contribution in [2.45, 2.75) is 12.2 Å². The molecule has 5 heteroatoms. The van der Waals surface area contributed by atoms with Crippen LogP contribution in [0.2, 0.25) is 0 Å². The van der Waals surface area contributed by atoms with Gasteiger partial charge in [-0.25, -0.2) is 9.97 Å². The average Bonchev–Trinajstić information content (AvgIpc) is 2.29. The van der Waals surface area contributed by atoms with Crippen molar-refractivity contribution in [3.8, 4) is 0 Å². The van der Waals surface area contributed by atoms with Crippen LogP contribution in [-0.4, -0.2) is 33.5 Å². The molecule has 15 heavy (non-hydrogen) atoms. The Balaban J connectivity index is 2.25. The molecule has 1 fully saturated rings.